The molecule has 0 aliphatic heterocycles. The van der Waals surface area contributed by atoms with Crippen molar-refractivity contribution in [2.75, 3.05) is 0 Å². The zero-order valence-electron chi connectivity index (χ0n) is 12.4. The molecule has 3 unspecified atom stereocenters. The predicted molar refractivity (Wildman–Crippen MR) is 76.5 cm³/mol. The van der Waals surface area contributed by atoms with Crippen molar-refractivity contribution < 1.29 is 13.2 Å². The number of rotatable bonds is 7. The van der Waals surface area contributed by atoms with Gasteiger partial charge in [-0.25, -0.2) is 0 Å². The van der Waals surface area contributed by atoms with E-state index >= 15 is 0 Å². The molecule has 1 aromatic carbocycles. The van der Waals surface area contributed by atoms with Crippen molar-refractivity contribution in [2.45, 2.75) is 58.3 Å². The van der Waals surface area contributed by atoms with Crippen molar-refractivity contribution in [3.63, 3.8) is 0 Å². The van der Waals surface area contributed by atoms with Crippen LogP contribution in [0.2, 0.25) is 0 Å². The van der Waals surface area contributed by atoms with Crippen LogP contribution in [0.5, 0.6) is 0 Å². The lowest BCUT2D eigenvalue weighted by molar-refractivity contribution is -0.140. The second-order valence-corrected chi connectivity index (χ2v) is 5.60. The molecule has 1 aromatic rings. The van der Waals surface area contributed by atoms with Gasteiger partial charge in [0, 0.05) is 12.1 Å². The Morgan fingerprint density at radius 1 is 1.10 bits per heavy atom. The van der Waals surface area contributed by atoms with Gasteiger partial charge in [-0.1, -0.05) is 50.6 Å². The van der Waals surface area contributed by atoms with E-state index in [9.17, 15) is 13.2 Å². The van der Waals surface area contributed by atoms with E-state index in [1.165, 1.54) is 0 Å². The van der Waals surface area contributed by atoms with Gasteiger partial charge in [0.15, 0.2) is 0 Å². The highest BCUT2D eigenvalue weighted by atomic mass is 19.4. The van der Waals surface area contributed by atoms with Gasteiger partial charge in [0.25, 0.3) is 0 Å². The smallest absolute Gasteiger partial charge is 0.307 e. The van der Waals surface area contributed by atoms with Gasteiger partial charge >= 0.3 is 6.18 Å². The van der Waals surface area contributed by atoms with E-state index in [-0.39, 0.29) is 6.04 Å². The zero-order valence-corrected chi connectivity index (χ0v) is 12.4. The van der Waals surface area contributed by atoms with Gasteiger partial charge < -0.3 is 5.32 Å². The lowest BCUT2D eigenvalue weighted by Gasteiger charge is -2.26. The van der Waals surface area contributed by atoms with Crippen molar-refractivity contribution in [1.82, 2.24) is 5.32 Å². The van der Waals surface area contributed by atoms with Crippen molar-refractivity contribution in [1.29, 1.82) is 0 Å². The molecule has 1 nitrogen and oxygen atoms in total. The molecule has 0 heterocycles. The van der Waals surface area contributed by atoms with Crippen molar-refractivity contribution in [2.24, 2.45) is 5.92 Å². The molecule has 1 rings (SSSR count). The summed E-state index contributed by atoms with van der Waals surface area (Å²) < 4.78 is 38.2. The Morgan fingerprint density at radius 3 is 2.20 bits per heavy atom. The normalized spacial score (nSPS) is 16.7. The van der Waals surface area contributed by atoms with E-state index in [2.05, 4.69) is 19.2 Å². The van der Waals surface area contributed by atoms with E-state index in [1.807, 2.05) is 13.0 Å². The van der Waals surface area contributed by atoms with Crippen LogP contribution in [0.25, 0.3) is 0 Å². The molecule has 20 heavy (non-hydrogen) atoms. The number of benzene rings is 1. The van der Waals surface area contributed by atoms with Gasteiger partial charge in [0.1, 0.15) is 0 Å². The summed E-state index contributed by atoms with van der Waals surface area (Å²) in [6.07, 6.45) is -3.07. The Labute approximate surface area is 119 Å². The number of alkyl halides is 3. The molecule has 0 radical (unpaired) electrons. The molecule has 0 aromatic heterocycles. The second kappa shape index (κ2) is 7.67. The minimum Gasteiger partial charge on any atom is -0.307 e. The summed E-state index contributed by atoms with van der Waals surface area (Å²) in [6, 6.07) is 8.27. The van der Waals surface area contributed by atoms with E-state index in [4.69, 9.17) is 0 Å². The summed E-state index contributed by atoms with van der Waals surface area (Å²) in [5.74, 6) is 0.514. The molecule has 0 saturated heterocycles. The minimum atomic E-state index is -4.16. The SMILES string of the molecule is CCC(C)CC(C)NC(CC(F)(F)F)c1ccccc1. The highest BCUT2D eigenvalue weighted by molar-refractivity contribution is 5.19. The third kappa shape index (κ3) is 6.42. The van der Waals surface area contributed by atoms with E-state index in [0.717, 1.165) is 12.8 Å². The largest absolute Gasteiger partial charge is 0.390 e. The number of nitrogens with one attached hydrogen (secondary N) is 1. The maximum Gasteiger partial charge on any atom is 0.390 e. The summed E-state index contributed by atoms with van der Waals surface area (Å²) >= 11 is 0. The Hall–Kier alpha value is -1.03. The number of hydrogen-bond acceptors (Lipinski definition) is 1. The Balaban J connectivity index is 2.73. The molecule has 0 bridgehead atoms. The first-order chi connectivity index (χ1) is 9.31. The van der Waals surface area contributed by atoms with E-state index in [0.29, 0.717) is 11.5 Å². The minimum absolute atomic E-state index is 0.0671. The van der Waals surface area contributed by atoms with Gasteiger partial charge in [-0.2, -0.15) is 13.2 Å². The molecular formula is C16H24F3N. The van der Waals surface area contributed by atoms with E-state index in [1.54, 1.807) is 24.3 Å². The van der Waals surface area contributed by atoms with Crippen LogP contribution in [-0.2, 0) is 0 Å². The molecule has 0 spiro atoms. The van der Waals surface area contributed by atoms with Gasteiger partial charge in [-0.15, -0.1) is 0 Å². The summed E-state index contributed by atoms with van der Waals surface area (Å²) in [4.78, 5) is 0. The topological polar surface area (TPSA) is 12.0 Å². The van der Waals surface area contributed by atoms with Gasteiger partial charge in [0.2, 0.25) is 0 Å². The van der Waals surface area contributed by atoms with Crippen LogP contribution in [0.3, 0.4) is 0 Å². The third-order valence-corrected chi connectivity index (χ3v) is 3.58. The first kappa shape index (κ1) is 17.0. The van der Waals surface area contributed by atoms with Crippen molar-refractivity contribution >= 4 is 0 Å². The average Bonchev–Trinajstić information content (AvgIpc) is 2.37. The second-order valence-electron chi connectivity index (χ2n) is 5.60. The number of hydrogen-bond donors (Lipinski definition) is 1. The van der Waals surface area contributed by atoms with Crippen LogP contribution in [0.4, 0.5) is 13.2 Å². The lowest BCUT2D eigenvalue weighted by atomic mass is 9.97. The highest BCUT2D eigenvalue weighted by Gasteiger charge is 2.33. The lowest BCUT2D eigenvalue weighted by Crippen LogP contribution is -2.34. The first-order valence-electron chi connectivity index (χ1n) is 7.19. The van der Waals surface area contributed by atoms with Crippen LogP contribution in [0, 0.1) is 5.92 Å². The van der Waals surface area contributed by atoms with Crippen molar-refractivity contribution in [3.8, 4) is 0 Å². The first-order valence-corrected chi connectivity index (χ1v) is 7.19. The number of halogens is 3. The van der Waals surface area contributed by atoms with Gasteiger partial charge in [-0.3, -0.25) is 0 Å². The fourth-order valence-corrected chi connectivity index (χ4v) is 2.37. The quantitative estimate of drug-likeness (QED) is 0.736. The highest BCUT2D eigenvalue weighted by Crippen LogP contribution is 2.30. The van der Waals surface area contributed by atoms with Gasteiger partial charge in [-0.05, 0) is 24.8 Å². The van der Waals surface area contributed by atoms with Crippen LogP contribution in [0.1, 0.15) is 51.6 Å². The summed E-state index contributed by atoms with van der Waals surface area (Å²) in [7, 11) is 0. The fourth-order valence-electron chi connectivity index (χ4n) is 2.37. The molecule has 0 aliphatic carbocycles. The molecular weight excluding hydrogens is 263 g/mol. The predicted octanol–water partition coefficient (Wildman–Crippen LogP) is 5.09. The molecule has 0 amide bonds. The molecule has 4 heteroatoms. The molecule has 114 valence electrons. The molecule has 1 N–H and O–H groups in total. The van der Waals surface area contributed by atoms with Gasteiger partial charge in [0.05, 0.1) is 6.42 Å². The Morgan fingerprint density at radius 2 is 1.70 bits per heavy atom. The Bertz CT molecular complexity index is 375. The standard InChI is InChI=1S/C16H24F3N/c1-4-12(2)10-13(3)20-15(11-16(17,18)19)14-8-6-5-7-9-14/h5-9,12-13,15,20H,4,10-11H2,1-3H3. The summed E-state index contributed by atoms with van der Waals surface area (Å²) in [5.41, 5.74) is 0.695. The molecule has 3 atom stereocenters. The van der Waals surface area contributed by atoms with E-state index < -0.39 is 18.6 Å². The van der Waals surface area contributed by atoms with Crippen LogP contribution < -0.4 is 5.32 Å². The van der Waals surface area contributed by atoms with Crippen LogP contribution >= 0.6 is 0 Å². The molecule has 0 aliphatic rings. The zero-order chi connectivity index (χ0) is 15.2. The van der Waals surface area contributed by atoms with Crippen LogP contribution in [-0.4, -0.2) is 12.2 Å². The average molecular weight is 287 g/mol. The monoisotopic (exact) mass is 287 g/mol. The maximum absolute atomic E-state index is 12.7. The Kier molecular flexibility index (Phi) is 6.53. The fraction of sp³-hybridized carbons (Fsp3) is 0.625. The third-order valence-electron chi connectivity index (χ3n) is 3.58. The maximum atomic E-state index is 12.7. The van der Waals surface area contributed by atoms with Crippen LogP contribution in [0.15, 0.2) is 30.3 Å². The summed E-state index contributed by atoms with van der Waals surface area (Å²) in [6.45, 7) is 6.18. The van der Waals surface area contributed by atoms with Crippen molar-refractivity contribution in [3.05, 3.63) is 35.9 Å². The molecule has 0 saturated carbocycles. The molecule has 0 fully saturated rings. The summed E-state index contributed by atoms with van der Waals surface area (Å²) in [5, 5.41) is 3.14.